The lowest BCUT2D eigenvalue weighted by atomic mass is 10.1. The van der Waals surface area contributed by atoms with Crippen LogP contribution in [-0.2, 0) is 4.79 Å². The summed E-state index contributed by atoms with van der Waals surface area (Å²) < 4.78 is 0. The lowest BCUT2D eigenvalue weighted by Gasteiger charge is -2.01. The Labute approximate surface area is 129 Å². The molecule has 21 heavy (non-hydrogen) atoms. The molecule has 0 rings (SSSR count). The zero-order valence-corrected chi connectivity index (χ0v) is 13.5. The molecule has 0 aromatic rings. The maximum atomic E-state index is 10.3. The molecule has 0 radical (unpaired) electrons. The van der Waals surface area contributed by atoms with E-state index in [1.165, 1.54) is 12.8 Å². The fourth-order valence-electron chi connectivity index (χ4n) is 2.08. The quantitative estimate of drug-likeness (QED) is 0.355. The molecule has 0 aromatic heterocycles. The van der Waals surface area contributed by atoms with Gasteiger partial charge in [0.1, 0.15) is 0 Å². The Balaban J connectivity index is 3.35. The predicted octanol–water partition coefficient (Wildman–Crippen LogP) is 4.86. The molecule has 0 saturated heterocycles. The van der Waals surface area contributed by atoms with Gasteiger partial charge in [0, 0.05) is 6.42 Å². The number of aliphatic hydroxyl groups is 1. The molecule has 1 atom stereocenters. The number of hydrogen-bond donors (Lipinski definition) is 2. The van der Waals surface area contributed by atoms with Gasteiger partial charge in [-0.3, -0.25) is 4.79 Å². The van der Waals surface area contributed by atoms with Crippen molar-refractivity contribution in [3.63, 3.8) is 0 Å². The van der Waals surface area contributed by atoms with Crippen LogP contribution < -0.4 is 0 Å². The summed E-state index contributed by atoms with van der Waals surface area (Å²) in [6, 6.07) is 0. The summed E-state index contributed by atoms with van der Waals surface area (Å²) in [5.74, 6) is -0.694. The van der Waals surface area contributed by atoms with Gasteiger partial charge in [-0.2, -0.15) is 0 Å². The molecule has 0 aliphatic carbocycles. The van der Waals surface area contributed by atoms with E-state index in [4.69, 9.17) is 5.11 Å². The molecule has 0 fully saturated rings. The molecule has 2 N–H and O–H groups in total. The van der Waals surface area contributed by atoms with E-state index in [0.717, 1.165) is 44.9 Å². The van der Waals surface area contributed by atoms with E-state index in [0.29, 0.717) is 12.8 Å². The van der Waals surface area contributed by atoms with Gasteiger partial charge in [0.2, 0.25) is 0 Å². The third kappa shape index (κ3) is 16.9. The van der Waals surface area contributed by atoms with Crippen LogP contribution in [0.5, 0.6) is 0 Å². The van der Waals surface area contributed by atoms with E-state index < -0.39 is 5.97 Å². The SMILES string of the molecule is CCCC/C=C/[C@H](O)C/C=C\CCCCCCCC(=O)O. The van der Waals surface area contributed by atoms with Gasteiger partial charge in [0.05, 0.1) is 6.10 Å². The first-order chi connectivity index (χ1) is 10.2. The zero-order valence-electron chi connectivity index (χ0n) is 13.5. The number of unbranched alkanes of at least 4 members (excludes halogenated alkanes) is 7. The van der Waals surface area contributed by atoms with Crippen molar-refractivity contribution >= 4 is 5.97 Å². The molecular formula is C18H32O3. The summed E-state index contributed by atoms with van der Waals surface area (Å²) in [4.78, 5) is 10.3. The second-order valence-electron chi connectivity index (χ2n) is 5.55. The number of aliphatic hydroxyl groups excluding tert-OH is 1. The van der Waals surface area contributed by atoms with E-state index in [1.807, 2.05) is 6.08 Å². The Morgan fingerprint density at radius 3 is 2.33 bits per heavy atom. The summed E-state index contributed by atoms with van der Waals surface area (Å²) in [5.41, 5.74) is 0. The first kappa shape index (κ1) is 19.9. The van der Waals surface area contributed by atoms with Crippen LogP contribution in [0.15, 0.2) is 24.3 Å². The molecule has 0 aliphatic rings. The predicted molar refractivity (Wildman–Crippen MR) is 88.4 cm³/mol. The van der Waals surface area contributed by atoms with Crippen molar-refractivity contribution in [2.45, 2.75) is 83.7 Å². The molecule has 0 spiro atoms. The largest absolute Gasteiger partial charge is 0.481 e. The summed E-state index contributed by atoms with van der Waals surface area (Å²) >= 11 is 0. The second kappa shape index (κ2) is 15.3. The Bertz CT molecular complexity index is 295. The van der Waals surface area contributed by atoms with Crippen molar-refractivity contribution in [2.75, 3.05) is 0 Å². The Morgan fingerprint density at radius 2 is 1.62 bits per heavy atom. The average Bonchev–Trinajstić information content (AvgIpc) is 2.45. The van der Waals surface area contributed by atoms with Gasteiger partial charge < -0.3 is 10.2 Å². The number of allylic oxidation sites excluding steroid dienone is 2. The number of carboxylic acids is 1. The van der Waals surface area contributed by atoms with Crippen LogP contribution in [0, 0.1) is 0 Å². The van der Waals surface area contributed by atoms with E-state index in [-0.39, 0.29) is 6.10 Å². The van der Waals surface area contributed by atoms with Gasteiger partial charge in [0.25, 0.3) is 0 Å². The van der Waals surface area contributed by atoms with Gasteiger partial charge >= 0.3 is 5.97 Å². The number of carboxylic acid groups (broad SMARTS) is 1. The standard InChI is InChI=1S/C18H32O3/c1-2-3-4-11-14-17(19)15-12-9-7-5-6-8-10-13-16-18(20)21/h9,11-12,14,17,19H,2-8,10,13,15-16H2,1H3,(H,20,21)/b12-9-,14-11+/t17-/m0/s1. The summed E-state index contributed by atoms with van der Waals surface area (Å²) in [6.45, 7) is 2.17. The Hall–Kier alpha value is -1.09. The Kier molecular flexibility index (Phi) is 14.5. The fraction of sp³-hybridized carbons (Fsp3) is 0.722. The van der Waals surface area contributed by atoms with Crippen molar-refractivity contribution in [3.05, 3.63) is 24.3 Å². The first-order valence-corrected chi connectivity index (χ1v) is 8.38. The zero-order chi connectivity index (χ0) is 15.8. The van der Waals surface area contributed by atoms with Crippen molar-refractivity contribution in [2.24, 2.45) is 0 Å². The Morgan fingerprint density at radius 1 is 0.952 bits per heavy atom. The number of carbonyl (C=O) groups is 1. The van der Waals surface area contributed by atoms with Gasteiger partial charge in [-0.1, -0.05) is 63.3 Å². The fourth-order valence-corrected chi connectivity index (χ4v) is 2.08. The van der Waals surface area contributed by atoms with Crippen molar-refractivity contribution in [3.8, 4) is 0 Å². The minimum Gasteiger partial charge on any atom is -0.481 e. The maximum absolute atomic E-state index is 10.3. The van der Waals surface area contributed by atoms with Crippen molar-refractivity contribution < 1.29 is 15.0 Å². The topological polar surface area (TPSA) is 57.5 Å². The minimum absolute atomic E-state index is 0.295. The highest BCUT2D eigenvalue weighted by Gasteiger charge is 1.96. The summed E-state index contributed by atoms with van der Waals surface area (Å²) in [7, 11) is 0. The highest BCUT2D eigenvalue weighted by molar-refractivity contribution is 5.66. The molecular weight excluding hydrogens is 264 g/mol. The third-order valence-corrected chi connectivity index (χ3v) is 3.39. The van der Waals surface area contributed by atoms with Crippen LogP contribution in [-0.4, -0.2) is 22.3 Å². The van der Waals surface area contributed by atoms with E-state index in [9.17, 15) is 9.90 Å². The first-order valence-electron chi connectivity index (χ1n) is 8.38. The van der Waals surface area contributed by atoms with Crippen molar-refractivity contribution in [1.29, 1.82) is 0 Å². The smallest absolute Gasteiger partial charge is 0.303 e. The molecule has 3 heteroatoms. The van der Waals surface area contributed by atoms with E-state index >= 15 is 0 Å². The lowest BCUT2D eigenvalue weighted by molar-refractivity contribution is -0.137. The number of rotatable bonds is 14. The van der Waals surface area contributed by atoms with E-state index in [2.05, 4.69) is 25.2 Å². The van der Waals surface area contributed by atoms with Gasteiger partial charge in [-0.15, -0.1) is 0 Å². The van der Waals surface area contributed by atoms with Crippen molar-refractivity contribution in [1.82, 2.24) is 0 Å². The maximum Gasteiger partial charge on any atom is 0.303 e. The molecule has 0 aliphatic heterocycles. The summed E-state index contributed by atoms with van der Waals surface area (Å²) in [5, 5.41) is 18.2. The molecule has 3 nitrogen and oxygen atoms in total. The normalized spacial score (nSPS) is 13.2. The molecule has 122 valence electrons. The molecule has 0 aromatic carbocycles. The van der Waals surface area contributed by atoms with Crippen LogP contribution >= 0.6 is 0 Å². The molecule has 0 unspecified atom stereocenters. The highest BCUT2D eigenvalue weighted by Crippen LogP contribution is 2.08. The molecule has 0 heterocycles. The third-order valence-electron chi connectivity index (χ3n) is 3.39. The molecule has 0 saturated carbocycles. The van der Waals surface area contributed by atoms with Gasteiger partial charge in [-0.05, 0) is 32.1 Å². The summed E-state index contributed by atoms with van der Waals surface area (Å²) in [6.07, 6.45) is 18.5. The van der Waals surface area contributed by atoms with Crippen LogP contribution in [0.2, 0.25) is 0 Å². The van der Waals surface area contributed by atoms with Crippen LogP contribution in [0.25, 0.3) is 0 Å². The average molecular weight is 296 g/mol. The lowest BCUT2D eigenvalue weighted by Crippen LogP contribution is -1.99. The molecule has 0 bridgehead atoms. The van der Waals surface area contributed by atoms with Crippen LogP contribution in [0.1, 0.15) is 77.6 Å². The second-order valence-corrected chi connectivity index (χ2v) is 5.55. The number of hydrogen-bond acceptors (Lipinski definition) is 2. The minimum atomic E-state index is -0.694. The van der Waals surface area contributed by atoms with E-state index in [1.54, 1.807) is 0 Å². The monoisotopic (exact) mass is 296 g/mol. The highest BCUT2D eigenvalue weighted by atomic mass is 16.4. The van der Waals surface area contributed by atoms with Crippen LogP contribution in [0.4, 0.5) is 0 Å². The number of aliphatic carboxylic acids is 1. The van der Waals surface area contributed by atoms with Crippen LogP contribution in [0.3, 0.4) is 0 Å². The van der Waals surface area contributed by atoms with Gasteiger partial charge in [-0.25, -0.2) is 0 Å². The molecule has 0 amide bonds. The van der Waals surface area contributed by atoms with Gasteiger partial charge in [0.15, 0.2) is 0 Å².